The molecule has 3 aliphatic carbocycles. The fourth-order valence-corrected chi connectivity index (χ4v) is 6.55. The van der Waals surface area contributed by atoms with Crippen LogP contribution in [0, 0.1) is 11.6 Å². The topological polar surface area (TPSA) is 77.2 Å². The summed E-state index contributed by atoms with van der Waals surface area (Å²) in [4.78, 5) is 18.2. The molecule has 214 valence electrons. The van der Waals surface area contributed by atoms with Crippen molar-refractivity contribution >= 4 is 11.7 Å². The van der Waals surface area contributed by atoms with Crippen LogP contribution < -0.4 is 11.1 Å². The number of hydrogen-bond donors (Lipinski definition) is 2. The van der Waals surface area contributed by atoms with Gasteiger partial charge in [0, 0.05) is 42.7 Å². The molecule has 3 aromatic carbocycles. The SMILES string of the molecule is CO[C@@H]1c2ccc(C(=O)NCc3c(C4CC4)cc(N)nc3C3CC3)cc2[C@H](C)c2cc(-c3ccc(F)cc3F)ccc21. The Labute approximate surface area is 244 Å². The highest BCUT2D eigenvalue weighted by atomic mass is 19.1. The minimum atomic E-state index is -0.609. The Kier molecular flexibility index (Phi) is 6.58. The van der Waals surface area contributed by atoms with Crippen molar-refractivity contribution in [2.75, 3.05) is 12.8 Å². The largest absolute Gasteiger partial charge is 0.384 e. The Morgan fingerprint density at radius 1 is 0.905 bits per heavy atom. The molecule has 0 radical (unpaired) electrons. The Bertz CT molecular complexity index is 1690. The maximum absolute atomic E-state index is 14.6. The smallest absolute Gasteiger partial charge is 0.251 e. The summed E-state index contributed by atoms with van der Waals surface area (Å²) in [6, 6.07) is 17.1. The van der Waals surface area contributed by atoms with E-state index in [9.17, 15) is 13.6 Å². The number of fused-ring (bicyclic) bond motifs is 2. The fourth-order valence-electron chi connectivity index (χ4n) is 6.55. The predicted octanol–water partition coefficient (Wildman–Crippen LogP) is 7.49. The molecule has 5 nitrogen and oxygen atoms in total. The summed E-state index contributed by atoms with van der Waals surface area (Å²) in [6.07, 6.45) is 4.20. The quantitative estimate of drug-likeness (QED) is 0.243. The number of halogens is 2. The summed E-state index contributed by atoms with van der Waals surface area (Å²) in [5.74, 6) is 0.0735. The molecule has 0 aliphatic heterocycles. The van der Waals surface area contributed by atoms with Crippen LogP contribution in [-0.2, 0) is 11.3 Å². The summed E-state index contributed by atoms with van der Waals surface area (Å²) in [5.41, 5.74) is 15.1. The lowest BCUT2D eigenvalue weighted by molar-refractivity contribution is 0.0950. The first-order chi connectivity index (χ1) is 20.3. The normalized spacial score (nSPS) is 19.2. The maximum atomic E-state index is 14.6. The van der Waals surface area contributed by atoms with Gasteiger partial charge in [0.2, 0.25) is 0 Å². The van der Waals surface area contributed by atoms with Crippen molar-refractivity contribution in [1.29, 1.82) is 0 Å². The average Bonchev–Trinajstić information content (AvgIpc) is 3.90. The van der Waals surface area contributed by atoms with E-state index >= 15 is 0 Å². The highest BCUT2D eigenvalue weighted by Gasteiger charge is 2.34. The molecule has 3 aliphatic rings. The van der Waals surface area contributed by atoms with Gasteiger partial charge in [-0.2, -0.15) is 0 Å². The summed E-state index contributed by atoms with van der Waals surface area (Å²) >= 11 is 0. The zero-order chi connectivity index (χ0) is 29.1. The van der Waals surface area contributed by atoms with Gasteiger partial charge in [0.15, 0.2) is 0 Å². The van der Waals surface area contributed by atoms with Crippen molar-refractivity contribution < 1.29 is 18.3 Å². The second kappa shape index (κ2) is 10.3. The number of carbonyl (C=O) groups excluding carboxylic acids is 1. The van der Waals surface area contributed by atoms with Crippen LogP contribution in [0.25, 0.3) is 11.1 Å². The van der Waals surface area contributed by atoms with E-state index < -0.39 is 11.6 Å². The van der Waals surface area contributed by atoms with Crippen LogP contribution in [0.2, 0.25) is 0 Å². The number of nitrogen functional groups attached to an aromatic ring is 1. The molecular weight excluding hydrogens is 532 g/mol. The Balaban J connectivity index is 1.18. The highest BCUT2D eigenvalue weighted by molar-refractivity contribution is 5.94. The van der Waals surface area contributed by atoms with Crippen LogP contribution in [-0.4, -0.2) is 18.0 Å². The molecule has 2 fully saturated rings. The molecule has 2 saturated carbocycles. The molecular formula is C35H33F2N3O2. The lowest BCUT2D eigenvalue weighted by Crippen LogP contribution is -2.26. The number of hydrogen-bond acceptors (Lipinski definition) is 4. The number of ether oxygens (including phenoxy) is 1. The summed E-state index contributed by atoms with van der Waals surface area (Å²) in [6.45, 7) is 2.51. The molecule has 7 rings (SSSR count). The summed E-state index contributed by atoms with van der Waals surface area (Å²) in [7, 11) is 1.66. The minimum Gasteiger partial charge on any atom is -0.384 e. The third-order valence-corrected chi connectivity index (χ3v) is 9.03. The van der Waals surface area contributed by atoms with E-state index in [-0.39, 0.29) is 17.9 Å². The van der Waals surface area contributed by atoms with Gasteiger partial charge in [-0.1, -0.05) is 31.2 Å². The number of nitrogens with two attached hydrogens (primary N) is 1. The van der Waals surface area contributed by atoms with E-state index in [0.29, 0.717) is 40.9 Å². The summed E-state index contributed by atoms with van der Waals surface area (Å²) in [5, 5.41) is 3.16. The Morgan fingerprint density at radius 3 is 2.31 bits per heavy atom. The van der Waals surface area contributed by atoms with Gasteiger partial charge < -0.3 is 15.8 Å². The van der Waals surface area contributed by atoms with Crippen molar-refractivity contribution in [2.24, 2.45) is 0 Å². The standard InChI is InChI=1S/C35H33F2N3O2/c1-18-27-13-21(24-12-9-23(36)15-31(24)37)7-10-25(27)34(42-2)26-11-8-22(14-28(18)26)35(41)39-17-30-29(19-3-4-19)16-32(38)40-33(30)20-5-6-20/h7-16,18-20,34H,3-6,17H2,1-2H3,(H2,38,40)(H,39,41)/t18-,34+/m1/s1. The van der Waals surface area contributed by atoms with E-state index in [0.717, 1.165) is 65.3 Å². The predicted molar refractivity (Wildman–Crippen MR) is 158 cm³/mol. The number of nitrogens with one attached hydrogen (secondary N) is 1. The van der Waals surface area contributed by atoms with Gasteiger partial charge >= 0.3 is 0 Å². The van der Waals surface area contributed by atoms with Gasteiger partial charge in [0.05, 0.1) is 5.69 Å². The third-order valence-electron chi connectivity index (χ3n) is 9.03. The first kappa shape index (κ1) is 26.8. The van der Waals surface area contributed by atoms with Crippen LogP contribution >= 0.6 is 0 Å². The number of methoxy groups -OCH3 is 1. The highest BCUT2D eigenvalue weighted by Crippen LogP contribution is 2.48. The second-order valence-electron chi connectivity index (χ2n) is 11.9. The van der Waals surface area contributed by atoms with E-state index in [1.54, 1.807) is 7.11 Å². The van der Waals surface area contributed by atoms with Crippen molar-refractivity contribution in [1.82, 2.24) is 10.3 Å². The molecule has 4 aromatic rings. The van der Waals surface area contributed by atoms with Crippen LogP contribution in [0.3, 0.4) is 0 Å². The number of pyridine rings is 1. The maximum Gasteiger partial charge on any atom is 0.251 e. The minimum absolute atomic E-state index is 0.0677. The molecule has 0 unspecified atom stereocenters. The number of rotatable bonds is 7. The Hall–Kier alpha value is -4.10. The van der Waals surface area contributed by atoms with Crippen molar-refractivity contribution in [3.8, 4) is 11.1 Å². The van der Waals surface area contributed by atoms with Gasteiger partial charge in [-0.25, -0.2) is 13.8 Å². The molecule has 0 saturated heterocycles. The zero-order valence-electron chi connectivity index (χ0n) is 23.7. The zero-order valence-corrected chi connectivity index (χ0v) is 23.7. The van der Waals surface area contributed by atoms with E-state index in [1.807, 2.05) is 42.5 Å². The van der Waals surface area contributed by atoms with E-state index in [2.05, 4.69) is 17.2 Å². The molecule has 1 heterocycles. The third kappa shape index (κ3) is 4.75. The van der Waals surface area contributed by atoms with Gasteiger partial charge in [0.25, 0.3) is 5.91 Å². The van der Waals surface area contributed by atoms with Gasteiger partial charge in [-0.15, -0.1) is 0 Å². The number of benzene rings is 3. The number of aromatic nitrogens is 1. The van der Waals surface area contributed by atoms with Crippen molar-refractivity contribution in [2.45, 2.75) is 63.0 Å². The first-order valence-corrected chi connectivity index (χ1v) is 14.7. The molecule has 0 spiro atoms. The number of anilines is 1. The van der Waals surface area contributed by atoms with Crippen LogP contribution in [0.1, 0.15) is 106 Å². The summed E-state index contributed by atoms with van der Waals surface area (Å²) < 4.78 is 34.1. The second-order valence-corrected chi connectivity index (χ2v) is 11.9. The molecule has 42 heavy (non-hydrogen) atoms. The Morgan fingerprint density at radius 2 is 1.62 bits per heavy atom. The lowest BCUT2D eigenvalue weighted by Gasteiger charge is -2.32. The molecule has 7 heteroatoms. The van der Waals surface area contributed by atoms with Gasteiger partial charge in [-0.05, 0) is 101 Å². The van der Waals surface area contributed by atoms with E-state index in [1.165, 1.54) is 17.7 Å². The molecule has 1 amide bonds. The molecule has 2 atom stereocenters. The lowest BCUT2D eigenvalue weighted by atomic mass is 9.76. The number of nitrogens with zero attached hydrogens (tertiary/aromatic N) is 1. The first-order valence-electron chi connectivity index (χ1n) is 14.7. The fraction of sp³-hybridized carbons (Fsp3) is 0.314. The van der Waals surface area contributed by atoms with Crippen LogP contribution in [0.4, 0.5) is 14.6 Å². The molecule has 0 bridgehead atoms. The molecule has 3 N–H and O–H groups in total. The molecule has 1 aromatic heterocycles. The van der Waals surface area contributed by atoms with Crippen molar-refractivity contribution in [3.63, 3.8) is 0 Å². The van der Waals surface area contributed by atoms with E-state index in [4.69, 9.17) is 10.5 Å². The average molecular weight is 566 g/mol. The van der Waals surface area contributed by atoms with Gasteiger partial charge in [0.1, 0.15) is 23.6 Å². The van der Waals surface area contributed by atoms with Crippen LogP contribution in [0.15, 0.2) is 60.7 Å². The van der Waals surface area contributed by atoms with Crippen LogP contribution in [0.5, 0.6) is 0 Å². The number of carbonyl (C=O) groups is 1. The number of amides is 1. The monoisotopic (exact) mass is 565 g/mol. The van der Waals surface area contributed by atoms with Gasteiger partial charge in [-0.3, -0.25) is 4.79 Å². The van der Waals surface area contributed by atoms with Crippen molar-refractivity contribution in [3.05, 3.63) is 117 Å².